The van der Waals surface area contributed by atoms with E-state index >= 15 is 0 Å². The van der Waals surface area contributed by atoms with Gasteiger partial charge >= 0.3 is 5.97 Å². The predicted molar refractivity (Wildman–Crippen MR) is 104 cm³/mol. The lowest BCUT2D eigenvalue weighted by atomic mass is 10.1. The number of halogens is 1. The van der Waals surface area contributed by atoms with Crippen molar-refractivity contribution < 1.29 is 14.1 Å². The van der Waals surface area contributed by atoms with Crippen LogP contribution < -0.4 is 4.74 Å². The van der Waals surface area contributed by atoms with E-state index in [0.717, 1.165) is 22.2 Å². The first-order valence-electron chi connectivity index (χ1n) is 8.55. The van der Waals surface area contributed by atoms with Gasteiger partial charge in [0.05, 0.1) is 12.1 Å². The summed E-state index contributed by atoms with van der Waals surface area (Å²) in [5.41, 5.74) is 3.45. The summed E-state index contributed by atoms with van der Waals surface area (Å²) < 4.78 is 10.8. The first kappa shape index (κ1) is 17.3. The molecule has 4 rings (SSSR count). The van der Waals surface area contributed by atoms with E-state index in [2.05, 4.69) is 5.16 Å². The lowest BCUT2D eigenvalue weighted by Gasteiger charge is -2.04. The quantitative estimate of drug-likeness (QED) is 0.353. The zero-order chi connectivity index (χ0) is 18.6. The second-order valence-electron chi connectivity index (χ2n) is 6.23. The maximum atomic E-state index is 12.1. The molecule has 4 nitrogen and oxygen atoms in total. The molecule has 0 amide bonds. The van der Waals surface area contributed by atoms with Crippen LogP contribution in [0.25, 0.3) is 11.0 Å². The molecule has 1 aromatic heterocycles. The van der Waals surface area contributed by atoms with E-state index in [1.165, 1.54) is 0 Å². The molecule has 0 aliphatic heterocycles. The van der Waals surface area contributed by atoms with Crippen molar-refractivity contribution in [2.24, 2.45) is 0 Å². The number of esters is 1. The molecular weight excluding hydrogens is 362 g/mol. The molecule has 0 bridgehead atoms. The molecule has 0 saturated heterocycles. The number of fused-ring (bicyclic) bond motifs is 1. The smallest absolute Gasteiger partial charge is 0.315 e. The minimum atomic E-state index is -0.347. The summed E-state index contributed by atoms with van der Waals surface area (Å²) >= 11 is 5.85. The van der Waals surface area contributed by atoms with Crippen molar-refractivity contribution in [2.75, 3.05) is 0 Å². The molecule has 0 radical (unpaired) electrons. The molecule has 3 aromatic carbocycles. The van der Waals surface area contributed by atoms with Crippen molar-refractivity contribution in [2.45, 2.75) is 12.8 Å². The maximum absolute atomic E-state index is 12.1. The average molecular weight is 378 g/mol. The Hall–Kier alpha value is -3.11. The van der Waals surface area contributed by atoms with Gasteiger partial charge in [0.2, 0.25) is 0 Å². The Labute approximate surface area is 161 Å². The SMILES string of the molecule is O=C(Cc1ccc(Cl)cc1)Oc1ccc2c(Cc3ccccc3)noc2c1. The Balaban J connectivity index is 1.47. The number of hydrogen-bond acceptors (Lipinski definition) is 4. The van der Waals surface area contributed by atoms with E-state index in [1.807, 2.05) is 36.4 Å². The second-order valence-corrected chi connectivity index (χ2v) is 6.66. The number of aromatic nitrogens is 1. The highest BCUT2D eigenvalue weighted by Crippen LogP contribution is 2.25. The van der Waals surface area contributed by atoms with E-state index in [9.17, 15) is 4.79 Å². The number of hydrogen-bond donors (Lipinski definition) is 0. The van der Waals surface area contributed by atoms with E-state index in [4.69, 9.17) is 20.9 Å². The van der Waals surface area contributed by atoms with Gasteiger partial charge in [0.1, 0.15) is 5.75 Å². The van der Waals surface area contributed by atoms with E-state index in [-0.39, 0.29) is 12.4 Å². The van der Waals surface area contributed by atoms with Crippen LogP contribution in [0.4, 0.5) is 0 Å². The molecule has 0 N–H and O–H groups in total. The molecule has 0 aliphatic rings. The van der Waals surface area contributed by atoms with Gasteiger partial charge in [0, 0.05) is 22.9 Å². The van der Waals surface area contributed by atoms with Crippen LogP contribution in [0.5, 0.6) is 5.75 Å². The average Bonchev–Trinajstić information content (AvgIpc) is 3.06. The third kappa shape index (κ3) is 4.18. The zero-order valence-electron chi connectivity index (χ0n) is 14.4. The molecule has 0 saturated carbocycles. The molecule has 5 heteroatoms. The number of carbonyl (C=O) groups excluding carboxylic acids is 1. The third-order valence-electron chi connectivity index (χ3n) is 4.23. The van der Waals surface area contributed by atoms with Gasteiger partial charge in [-0.3, -0.25) is 4.79 Å². The molecule has 0 spiro atoms. The van der Waals surface area contributed by atoms with Crippen LogP contribution >= 0.6 is 11.6 Å². The van der Waals surface area contributed by atoms with E-state index in [0.29, 0.717) is 22.8 Å². The van der Waals surface area contributed by atoms with Gasteiger partial charge in [-0.15, -0.1) is 0 Å². The van der Waals surface area contributed by atoms with Gasteiger partial charge in [-0.2, -0.15) is 0 Å². The van der Waals surface area contributed by atoms with Crippen LogP contribution in [0.1, 0.15) is 16.8 Å². The summed E-state index contributed by atoms with van der Waals surface area (Å²) in [6.07, 6.45) is 0.856. The monoisotopic (exact) mass is 377 g/mol. The van der Waals surface area contributed by atoms with Crippen LogP contribution in [0, 0.1) is 0 Å². The highest BCUT2D eigenvalue weighted by Gasteiger charge is 2.12. The molecule has 4 aromatic rings. The molecule has 0 aliphatic carbocycles. The number of rotatable bonds is 5. The van der Waals surface area contributed by atoms with Gasteiger partial charge < -0.3 is 9.26 Å². The summed E-state index contributed by atoms with van der Waals surface area (Å²) in [5, 5.41) is 5.71. The lowest BCUT2D eigenvalue weighted by molar-refractivity contribution is -0.133. The summed E-state index contributed by atoms with van der Waals surface area (Å²) in [6, 6.07) is 22.5. The van der Waals surface area contributed by atoms with Gasteiger partial charge in [-0.1, -0.05) is 59.2 Å². The molecule has 0 fully saturated rings. The fraction of sp³-hybridized carbons (Fsp3) is 0.0909. The first-order chi connectivity index (χ1) is 13.2. The standard InChI is InChI=1S/C22H16ClNO3/c23-17-8-6-16(7-9-17)13-22(25)26-18-10-11-19-20(24-27-21(19)14-18)12-15-4-2-1-3-5-15/h1-11,14H,12-13H2. The van der Waals surface area contributed by atoms with Crippen molar-refractivity contribution in [3.8, 4) is 5.75 Å². The first-order valence-corrected chi connectivity index (χ1v) is 8.92. The van der Waals surface area contributed by atoms with Crippen LogP contribution in [-0.4, -0.2) is 11.1 Å². The molecule has 1 heterocycles. The highest BCUT2D eigenvalue weighted by molar-refractivity contribution is 6.30. The molecular formula is C22H16ClNO3. The van der Waals surface area contributed by atoms with Crippen molar-refractivity contribution >= 4 is 28.5 Å². The fourth-order valence-electron chi connectivity index (χ4n) is 2.89. The van der Waals surface area contributed by atoms with E-state index < -0.39 is 0 Å². The Morgan fingerprint density at radius 3 is 2.52 bits per heavy atom. The van der Waals surface area contributed by atoms with Crippen LogP contribution in [0.3, 0.4) is 0 Å². The van der Waals surface area contributed by atoms with Gasteiger partial charge in [0.25, 0.3) is 0 Å². The molecule has 0 atom stereocenters. The Morgan fingerprint density at radius 1 is 0.963 bits per heavy atom. The van der Waals surface area contributed by atoms with Crippen molar-refractivity contribution in [3.05, 3.63) is 94.6 Å². The minimum absolute atomic E-state index is 0.171. The molecule has 0 unspecified atom stereocenters. The fourth-order valence-corrected chi connectivity index (χ4v) is 3.01. The minimum Gasteiger partial charge on any atom is -0.426 e. The van der Waals surface area contributed by atoms with Crippen LogP contribution in [0.2, 0.25) is 5.02 Å². The van der Waals surface area contributed by atoms with Gasteiger partial charge in [-0.05, 0) is 35.4 Å². The number of benzene rings is 3. The van der Waals surface area contributed by atoms with Crippen molar-refractivity contribution in [3.63, 3.8) is 0 Å². The summed E-state index contributed by atoms with van der Waals surface area (Å²) in [4.78, 5) is 12.1. The normalized spacial score (nSPS) is 10.9. The topological polar surface area (TPSA) is 52.3 Å². The molecule has 27 heavy (non-hydrogen) atoms. The lowest BCUT2D eigenvalue weighted by Crippen LogP contribution is -2.11. The summed E-state index contributed by atoms with van der Waals surface area (Å²) in [7, 11) is 0. The summed E-state index contributed by atoms with van der Waals surface area (Å²) in [6.45, 7) is 0. The zero-order valence-corrected chi connectivity index (χ0v) is 15.1. The summed E-state index contributed by atoms with van der Waals surface area (Å²) in [5.74, 6) is 0.0876. The number of carbonyl (C=O) groups is 1. The van der Waals surface area contributed by atoms with Crippen LogP contribution in [0.15, 0.2) is 77.3 Å². The maximum Gasteiger partial charge on any atom is 0.315 e. The Morgan fingerprint density at radius 2 is 1.74 bits per heavy atom. The Kier molecular flexibility index (Phi) is 4.90. The molecule has 134 valence electrons. The van der Waals surface area contributed by atoms with Gasteiger partial charge in [-0.25, -0.2) is 0 Å². The van der Waals surface area contributed by atoms with Crippen LogP contribution in [-0.2, 0) is 17.6 Å². The number of ether oxygens (including phenoxy) is 1. The van der Waals surface area contributed by atoms with Crippen molar-refractivity contribution in [1.82, 2.24) is 5.16 Å². The largest absolute Gasteiger partial charge is 0.426 e. The predicted octanol–water partition coefficient (Wildman–Crippen LogP) is 5.22. The third-order valence-corrected chi connectivity index (χ3v) is 4.48. The second kappa shape index (κ2) is 7.64. The highest BCUT2D eigenvalue weighted by atomic mass is 35.5. The Bertz CT molecular complexity index is 1070. The number of nitrogens with zero attached hydrogens (tertiary/aromatic N) is 1. The van der Waals surface area contributed by atoms with Gasteiger partial charge in [0.15, 0.2) is 5.58 Å². The van der Waals surface area contributed by atoms with E-state index in [1.54, 1.807) is 36.4 Å². The van der Waals surface area contributed by atoms with Crippen molar-refractivity contribution in [1.29, 1.82) is 0 Å².